The molecular formula is C44H54Br4O. The molecule has 0 spiro atoms. The second kappa shape index (κ2) is 24.1. The summed E-state index contributed by atoms with van der Waals surface area (Å²) in [7, 11) is 0. The van der Waals surface area contributed by atoms with E-state index in [2.05, 4.69) is 161 Å². The van der Waals surface area contributed by atoms with E-state index in [-0.39, 0.29) is 12.2 Å². The van der Waals surface area contributed by atoms with Crippen molar-refractivity contribution in [2.24, 2.45) is 0 Å². The van der Waals surface area contributed by atoms with Gasteiger partial charge in [0.15, 0.2) is 0 Å². The van der Waals surface area contributed by atoms with Gasteiger partial charge in [-0.3, -0.25) is 0 Å². The summed E-state index contributed by atoms with van der Waals surface area (Å²) >= 11 is 14.3. The third-order valence-electron chi connectivity index (χ3n) is 9.50. The molecule has 0 aliphatic carbocycles. The summed E-state index contributed by atoms with van der Waals surface area (Å²) in [5, 5.41) is 0. The van der Waals surface area contributed by atoms with E-state index >= 15 is 0 Å². The van der Waals surface area contributed by atoms with Gasteiger partial charge < -0.3 is 4.74 Å². The lowest BCUT2D eigenvalue weighted by Crippen LogP contribution is -2.11. The summed E-state index contributed by atoms with van der Waals surface area (Å²) in [4.78, 5) is 0. The van der Waals surface area contributed by atoms with Crippen molar-refractivity contribution in [3.8, 4) is 0 Å². The van der Waals surface area contributed by atoms with Crippen molar-refractivity contribution in [3.63, 3.8) is 0 Å². The number of hydrogen-bond donors (Lipinski definition) is 0. The van der Waals surface area contributed by atoms with E-state index in [4.69, 9.17) is 4.74 Å². The lowest BCUT2D eigenvalue weighted by atomic mass is 9.98. The summed E-state index contributed by atoms with van der Waals surface area (Å²) in [5.41, 5.74) is 5.48. The van der Waals surface area contributed by atoms with E-state index < -0.39 is 0 Å². The standard InChI is InChI=1S/C44H54Br4O/c45-39-27-19-35(20-28-39)15-11-7-3-1-5-9-13-17-43(37-23-31-41(47)32-24-37)49-44(38-25-33-42(48)34-26-38)18-14-10-6-2-4-8-12-16-36-21-29-40(46)30-22-36/h19-34,43-44H,1-18H2. The molecule has 1 nitrogen and oxygen atoms in total. The molecule has 0 aromatic heterocycles. The molecule has 0 saturated carbocycles. The number of aryl methyl sites for hydroxylation is 2. The van der Waals surface area contributed by atoms with Gasteiger partial charge in [0.1, 0.15) is 0 Å². The maximum Gasteiger partial charge on any atom is 0.0833 e. The van der Waals surface area contributed by atoms with E-state index in [9.17, 15) is 0 Å². The number of rotatable bonds is 24. The van der Waals surface area contributed by atoms with Crippen molar-refractivity contribution in [1.82, 2.24) is 0 Å². The van der Waals surface area contributed by atoms with Crippen molar-refractivity contribution in [2.75, 3.05) is 0 Å². The van der Waals surface area contributed by atoms with Gasteiger partial charge in [0, 0.05) is 17.9 Å². The largest absolute Gasteiger partial charge is 0.366 e. The first-order valence-electron chi connectivity index (χ1n) is 18.6. The smallest absolute Gasteiger partial charge is 0.0833 e. The number of unbranched alkanes of at least 4 members (excludes halogenated alkanes) is 12. The fourth-order valence-electron chi connectivity index (χ4n) is 6.57. The van der Waals surface area contributed by atoms with Crippen LogP contribution in [-0.4, -0.2) is 0 Å². The second-order valence-corrected chi connectivity index (χ2v) is 17.2. The number of halogens is 4. The van der Waals surface area contributed by atoms with Gasteiger partial charge in [-0.15, -0.1) is 0 Å². The summed E-state index contributed by atoms with van der Waals surface area (Å²) < 4.78 is 11.6. The molecular weight excluding hydrogens is 864 g/mol. The summed E-state index contributed by atoms with van der Waals surface area (Å²) in [5.74, 6) is 0. The van der Waals surface area contributed by atoms with E-state index in [0.29, 0.717) is 0 Å². The quantitative estimate of drug-likeness (QED) is 0.0637. The van der Waals surface area contributed by atoms with Crippen LogP contribution in [0.5, 0.6) is 0 Å². The average molecular weight is 919 g/mol. The molecule has 0 bridgehead atoms. The predicted molar refractivity (Wildman–Crippen MR) is 224 cm³/mol. The molecule has 0 aliphatic heterocycles. The van der Waals surface area contributed by atoms with E-state index in [1.165, 1.54) is 125 Å². The lowest BCUT2D eigenvalue weighted by Gasteiger charge is -2.26. The van der Waals surface area contributed by atoms with Gasteiger partial charge in [0.2, 0.25) is 0 Å². The first-order chi connectivity index (χ1) is 24.0. The van der Waals surface area contributed by atoms with E-state index in [1.807, 2.05) is 0 Å². The topological polar surface area (TPSA) is 9.23 Å². The Morgan fingerprint density at radius 1 is 0.327 bits per heavy atom. The van der Waals surface area contributed by atoms with Crippen LogP contribution in [0.3, 0.4) is 0 Å². The molecule has 0 fully saturated rings. The highest BCUT2D eigenvalue weighted by atomic mass is 79.9. The molecule has 0 radical (unpaired) electrons. The molecule has 0 N–H and O–H groups in total. The zero-order chi connectivity index (χ0) is 34.5. The lowest BCUT2D eigenvalue weighted by molar-refractivity contribution is -0.0264. The first-order valence-corrected chi connectivity index (χ1v) is 21.8. The number of benzene rings is 4. The van der Waals surface area contributed by atoms with Crippen molar-refractivity contribution >= 4 is 63.7 Å². The van der Waals surface area contributed by atoms with E-state index in [1.54, 1.807) is 0 Å². The van der Waals surface area contributed by atoms with Crippen LogP contribution in [-0.2, 0) is 17.6 Å². The second-order valence-electron chi connectivity index (χ2n) is 13.5. The molecule has 4 rings (SSSR count). The van der Waals surface area contributed by atoms with Crippen LogP contribution < -0.4 is 0 Å². The normalized spacial score (nSPS) is 12.7. The third-order valence-corrected chi connectivity index (χ3v) is 11.6. The van der Waals surface area contributed by atoms with Crippen molar-refractivity contribution < 1.29 is 4.74 Å². The Morgan fingerprint density at radius 2 is 0.592 bits per heavy atom. The highest BCUT2D eigenvalue weighted by Gasteiger charge is 2.20. The average Bonchev–Trinajstić information content (AvgIpc) is 3.11. The van der Waals surface area contributed by atoms with Gasteiger partial charge in [-0.05, 0) is 109 Å². The SMILES string of the molecule is Brc1ccc(CCCCCCCCCC(OC(CCCCCCCCCc2ccc(Br)cc2)c2ccc(Br)cc2)c2ccc(Br)cc2)cc1. The van der Waals surface area contributed by atoms with Crippen LogP contribution in [0.25, 0.3) is 0 Å². The Morgan fingerprint density at radius 3 is 0.918 bits per heavy atom. The molecule has 0 aliphatic rings. The van der Waals surface area contributed by atoms with Gasteiger partial charge in [-0.1, -0.05) is 189 Å². The highest BCUT2D eigenvalue weighted by molar-refractivity contribution is 9.11. The van der Waals surface area contributed by atoms with Crippen molar-refractivity contribution in [1.29, 1.82) is 0 Å². The van der Waals surface area contributed by atoms with Crippen LogP contribution >= 0.6 is 63.7 Å². The Balaban J connectivity index is 1.19. The minimum Gasteiger partial charge on any atom is -0.366 e. The zero-order valence-electron chi connectivity index (χ0n) is 29.0. The van der Waals surface area contributed by atoms with Gasteiger partial charge in [0.05, 0.1) is 12.2 Å². The van der Waals surface area contributed by atoms with Gasteiger partial charge in [-0.2, -0.15) is 0 Å². The molecule has 5 heteroatoms. The van der Waals surface area contributed by atoms with Gasteiger partial charge in [0.25, 0.3) is 0 Å². The molecule has 4 aromatic carbocycles. The maximum atomic E-state index is 7.08. The van der Waals surface area contributed by atoms with Crippen molar-refractivity contribution in [3.05, 3.63) is 137 Å². The molecule has 264 valence electrons. The first kappa shape index (κ1) is 40.5. The summed E-state index contributed by atoms with van der Waals surface area (Å²) in [6.07, 6.45) is 22.8. The molecule has 0 heterocycles. The summed E-state index contributed by atoms with van der Waals surface area (Å²) in [6.45, 7) is 0. The van der Waals surface area contributed by atoms with Crippen LogP contribution in [0, 0.1) is 0 Å². The zero-order valence-corrected chi connectivity index (χ0v) is 35.4. The summed E-state index contributed by atoms with van der Waals surface area (Å²) in [6, 6.07) is 35.2. The van der Waals surface area contributed by atoms with Crippen molar-refractivity contribution in [2.45, 2.75) is 128 Å². The Bertz CT molecular complexity index is 1310. The molecule has 0 amide bonds. The molecule has 0 saturated heterocycles. The molecule has 4 aromatic rings. The minimum absolute atomic E-state index is 0.110. The van der Waals surface area contributed by atoms with Crippen LogP contribution in [0.2, 0.25) is 0 Å². The molecule has 2 atom stereocenters. The number of hydrogen-bond acceptors (Lipinski definition) is 1. The third kappa shape index (κ3) is 16.8. The van der Waals surface area contributed by atoms with Crippen LogP contribution in [0.1, 0.15) is 137 Å². The monoisotopic (exact) mass is 914 g/mol. The van der Waals surface area contributed by atoms with E-state index in [0.717, 1.165) is 30.7 Å². The maximum absolute atomic E-state index is 7.08. The van der Waals surface area contributed by atoms with Crippen LogP contribution in [0.15, 0.2) is 115 Å². The molecule has 49 heavy (non-hydrogen) atoms. The fourth-order valence-corrected chi connectivity index (χ4v) is 7.62. The fraction of sp³-hybridized carbons (Fsp3) is 0.455. The van der Waals surface area contributed by atoms with Gasteiger partial charge >= 0.3 is 0 Å². The highest BCUT2D eigenvalue weighted by Crippen LogP contribution is 2.35. The predicted octanol–water partition coefficient (Wildman–Crippen LogP) is 16.3. The Labute approximate surface area is 330 Å². The van der Waals surface area contributed by atoms with Gasteiger partial charge in [-0.25, -0.2) is 0 Å². The molecule has 2 unspecified atom stereocenters. The minimum atomic E-state index is 0.110. The Kier molecular flexibility index (Phi) is 19.9. The van der Waals surface area contributed by atoms with Crippen LogP contribution in [0.4, 0.5) is 0 Å². The Hall–Kier alpha value is -1.24. The number of ether oxygens (including phenoxy) is 1.